The smallest absolute Gasteiger partial charge is 0.00462 e. The predicted molar refractivity (Wildman–Crippen MR) is 69.5 cm³/mol. The fourth-order valence-corrected chi connectivity index (χ4v) is 2.42. The zero-order valence-electron chi connectivity index (χ0n) is 10.3. The molecule has 0 spiro atoms. The molecule has 0 saturated heterocycles. The molecule has 16 heavy (non-hydrogen) atoms. The summed E-state index contributed by atoms with van der Waals surface area (Å²) in [5, 5.41) is 3.49. The van der Waals surface area contributed by atoms with Gasteiger partial charge in [-0.3, -0.25) is 0 Å². The highest BCUT2D eigenvalue weighted by molar-refractivity contribution is 5.16. The first-order chi connectivity index (χ1) is 7.90. The minimum atomic E-state index is 0.964. The van der Waals surface area contributed by atoms with Crippen LogP contribution in [-0.4, -0.2) is 13.1 Å². The summed E-state index contributed by atoms with van der Waals surface area (Å²) < 4.78 is 0. The second-order valence-corrected chi connectivity index (χ2v) is 4.98. The van der Waals surface area contributed by atoms with Crippen LogP contribution in [0.15, 0.2) is 30.3 Å². The first-order valence-electron chi connectivity index (χ1n) is 6.64. The lowest BCUT2D eigenvalue weighted by atomic mass is 10.1. The second-order valence-electron chi connectivity index (χ2n) is 4.98. The summed E-state index contributed by atoms with van der Waals surface area (Å²) in [5.74, 6) is 1.95. The molecule has 1 aromatic carbocycles. The van der Waals surface area contributed by atoms with Crippen LogP contribution in [0.2, 0.25) is 0 Å². The van der Waals surface area contributed by atoms with E-state index in [2.05, 4.69) is 42.6 Å². The molecule has 1 N–H and O–H groups in total. The Morgan fingerprint density at radius 1 is 1.12 bits per heavy atom. The molecule has 1 fully saturated rings. The number of hydrogen-bond donors (Lipinski definition) is 1. The van der Waals surface area contributed by atoms with Gasteiger partial charge >= 0.3 is 0 Å². The Morgan fingerprint density at radius 2 is 1.94 bits per heavy atom. The van der Waals surface area contributed by atoms with Gasteiger partial charge in [0.05, 0.1) is 0 Å². The van der Waals surface area contributed by atoms with Gasteiger partial charge in [-0.15, -0.1) is 0 Å². The Balaban J connectivity index is 1.61. The lowest BCUT2D eigenvalue weighted by molar-refractivity contribution is 0.576. The van der Waals surface area contributed by atoms with Crippen molar-refractivity contribution in [2.45, 2.75) is 32.6 Å². The highest BCUT2D eigenvalue weighted by Crippen LogP contribution is 2.43. The summed E-state index contributed by atoms with van der Waals surface area (Å²) >= 11 is 0. The first-order valence-corrected chi connectivity index (χ1v) is 6.64. The van der Waals surface area contributed by atoms with Crippen LogP contribution in [0.5, 0.6) is 0 Å². The first kappa shape index (κ1) is 11.7. The number of benzene rings is 1. The molecule has 0 amide bonds. The van der Waals surface area contributed by atoms with E-state index in [1.54, 1.807) is 0 Å². The third-order valence-electron chi connectivity index (χ3n) is 3.53. The van der Waals surface area contributed by atoms with Crippen molar-refractivity contribution < 1.29 is 0 Å². The summed E-state index contributed by atoms with van der Waals surface area (Å²) in [4.78, 5) is 0. The van der Waals surface area contributed by atoms with Gasteiger partial charge in [0, 0.05) is 0 Å². The molecule has 0 aliphatic heterocycles. The van der Waals surface area contributed by atoms with E-state index in [9.17, 15) is 0 Å². The molecule has 1 saturated carbocycles. The zero-order valence-corrected chi connectivity index (χ0v) is 10.3. The van der Waals surface area contributed by atoms with Gasteiger partial charge in [-0.25, -0.2) is 0 Å². The zero-order chi connectivity index (χ0) is 11.2. The maximum Gasteiger partial charge on any atom is -0.00462 e. The van der Waals surface area contributed by atoms with Gasteiger partial charge in [0.2, 0.25) is 0 Å². The Kier molecular flexibility index (Phi) is 4.41. The van der Waals surface area contributed by atoms with Crippen LogP contribution in [0.1, 0.15) is 31.7 Å². The molecule has 1 aliphatic rings. The molecular formula is C15H23N. The molecule has 0 radical (unpaired) electrons. The standard InChI is InChI=1S/C15H23N/c1-2-9-16-10-8-14-12-15(14)11-13-6-4-3-5-7-13/h3-7,14-16H,2,8-12H2,1H3. The number of hydrogen-bond acceptors (Lipinski definition) is 1. The molecular weight excluding hydrogens is 194 g/mol. The maximum absolute atomic E-state index is 3.49. The third kappa shape index (κ3) is 3.64. The summed E-state index contributed by atoms with van der Waals surface area (Å²) in [7, 11) is 0. The Bertz CT molecular complexity index is 294. The van der Waals surface area contributed by atoms with Crippen LogP contribution in [0.25, 0.3) is 0 Å². The van der Waals surface area contributed by atoms with Crippen molar-refractivity contribution in [3.05, 3.63) is 35.9 Å². The van der Waals surface area contributed by atoms with Gasteiger partial charge in [0.25, 0.3) is 0 Å². The van der Waals surface area contributed by atoms with Crippen molar-refractivity contribution >= 4 is 0 Å². The highest BCUT2D eigenvalue weighted by atomic mass is 14.8. The van der Waals surface area contributed by atoms with Crippen LogP contribution in [0.4, 0.5) is 0 Å². The molecule has 1 nitrogen and oxygen atoms in total. The maximum atomic E-state index is 3.49. The third-order valence-corrected chi connectivity index (χ3v) is 3.53. The van der Waals surface area contributed by atoms with Crippen molar-refractivity contribution in [3.8, 4) is 0 Å². The minimum absolute atomic E-state index is 0.964. The van der Waals surface area contributed by atoms with E-state index in [0.29, 0.717) is 0 Å². The number of rotatable bonds is 7. The molecule has 1 aliphatic carbocycles. The summed E-state index contributed by atoms with van der Waals surface area (Å²) in [6.07, 6.45) is 5.36. The lowest BCUT2D eigenvalue weighted by Crippen LogP contribution is -2.16. The van der Waals surface area contributed by atoms with E-state index >= 15 is 0 Å². The molecule has 2 unspecified atom stereocenters. The summed E-state index contributed by atoms with van der Waals surface area (Å²) in [6, 6.07) is 10.9. The van der Waals surface area contributed by atoms with E-state index in [1.807, 2.05) is 0 Å². The largest absolute Gasteiger partial charge is 0.317 e. The fraction of sp³-hybridized carbons (Fsp3) is 0.600. The van der Waals surface area contributed by atoms with Gasteiger partial charge < -0.3 is 5.32 Å². The monoisotopic (exact) mass is 217 g/mol. The average molecular weight is 217 g/mol. The molecule has 1 aromatic rings. The normalized spacial score (nSPS) is 23.3. The van der Waals surface area contributed by atoms with Crippen LogP contribution in [0, 0.1) is 11.8 Å². The molecule has 2 rings (SSSR count). The Morgan fingerprint density at radius 3 is 2.69 bits per heavy atom. The molecule has 1 heteroatoms. The molecule has 2 atom stereocenters. The van der Waals surface area contributed by atoms with Crippen LogP contribution < -0.4 is 5.32 Å². The van der Waals surface area contributed by atoms with Crippen LogP contribution in [-0.2, 0) is 6.42 Å². The highest BCUT2D eigenvalue weighted by Gasteiger charge is 2.35. The van der Waals surface area contributed by atoms with Crippen molar-refractivity contribution in [1.82, 2.24) is 5.32 Å². The van der Waals surface area contributed by atoms with Crippen molar-refractivity contribution in [1.29, 1.82) is 0 Å². The van der Waals surface area contributed by atoms with E-state index in [0.717, 1.165) is 11.8 Å². The van der Waals surface area contributed by atoms with Gasteiger partial charge in [-0.1, -0.05) is 37.3 Å². The van der Waals surface area contributed by atoms with Gasteiger partial charge in [-0.05, 0) is 56.2 Å². The SMILES string of the molecule is CCCNCCC1CC1Cc1ccccc1. The minimum Gasteiger partial charge on any atom is -0.317 e. The Labute approximate surface area is 99.3 Å². The van der Waals surface area contributed by atoms with Gasteiger partial charge in [0.15, 0.2) is 0 Å². The predicted octanol–water partition coefficient (Wildman–Crippen LogP) is 3.25. The van der Waals surface area contributed by atoms with E-state index in [1.165, 1.54) is 44.3 Å². The Hall–Kier alpha value is -0.820. The summed E-state index contributed by atoms with van der Waals surface area (Å²) in [6.45, 7) is 4.61. The van der Waals surface area contributed by atoms with Crippen molar-refractivity contribution in [2.75, 3.05) is 13.1 Å². The van der Waals surface area contributed by atoms with Gasteiger partial charge in [0.1, 0.15) is 0 Å². The van der Waals surface area contributed by atoms with E-state index < -0.39 is 0 Å². The fourth-order valence-electron chi connectivity index (χ4n) is 2.42. The molecule has 0 aromatic heterocycles. The van der Waals surface area contributed by atoms with E-state index in [4.69, 9.17) is 0 Å². The van der Waals surface area contributed by atoms with Crippen molar-refractivity contribution in [3.63, 3.8) is 0 Å². The molecule has 0 heterocycles. The van der Waals surface area contributed by atoms with Crippen LogP contribution in [0.3, 0.4) is 0 Å². The summed E-state index contributed by atoms with van der Waals surface area (Å²) in [5.41, 5.74) is 1.51. The number of nitrogens with one attached hydrogen (secondary N) is 1. The average Bonchev–Trinajstić information content (AvgIpc) is 3.04. The molecule has 0 bridgehead atoms. The lowest BCUT2D eigenvalue weighted by Gasteiger charge is -2.02. The van der Waals surface area contributed by atoms with Crippen LogP contribution >= 0.6 is 0 Å². The second kappa shape index (κ2) is 6.05. The van der Waals surface area contributed by atoms with Crippen molar-refractivity contribution in [2.24, 2.45) is 11.8 Å². The quantitative estimate of drug-likeness (QED) is 0.691. The van der Waals surface area contributed by atoms with Gasteiger partial charge in [-0.2, -0.15) is 0 Å². The topological polar surface area (TPSA) is 12.0 Å². The molecule has 88 valence electrons. The van der Waals surface area contributed by atoms with E-state index in [-0.39, 0.29) is 0 Å².